The summed E-state index contributed by atoms with van der Waals surface area (Å²) in [7, 11) is 0. The van der Waals surface area contributed by atoms with Crippen molar-refractivity contribution in [1.29, 1.82) is 0 Å². The molecule has 9 heteroatoms. The zero-order valence-corrected chi connectivity index (χ0v) is 26.1. The van der Waals surface area contributed by atoms with Crippen LogP contribution in [0.4, 0.5) is 0 Å². The number of carboxylic acid groups (broad SMARTS) is 1. The number of aromatic nitrogens is 5. The number of nitrogens with zero attached hydrogens (tertiary/aromatic N) is 6. The van der Waals surface area contributed by atoms with E-state index < -0.39 is 5.97 Å². The van der Waals surface area contributed by atoms with Crippen LogP contribution >= 0.6 is 0 Å². The first-order valence-corrected chi connectivity index (χ1v) is 14.0. The van der Waals surface area contributed by atoms with Crippen molar-refractivity contribution in [1.82, 2.24) is 24.9 Å². The molecule has 5 aromatic heterocycles. The van der Waals surface area contributed by atoms with Crippen molar-refractivity contribution in [2.75, 3.05) is 0 Å². The number of aliphatic carboxylic acids is 1. The molecule has 8 nitrogen and oxygen atoms in total. The molecule has 0 radical (unpaired) electrons. The van der Waals surface area contributed by atoms with Crippen LogP contribution in [-0.4, -0.2) is 36.6 Å². The SMILES string of the molecule is CC1(CCCC(=O)[O-])C=CN=C(c2ccccn2)C1.[Ru+2].c1ccc(-c2ccccn2)nc1.c1ccc(-c2ccccn2)nc1. The first kappa shape index (κ1) is 33.8. The number of carboxylic acids is 1. The molecule has 0 spiro atoms. The molecule has 0 amide bonds. The number of aliphatic imine (C=N–C) groups is 1. The summed E-state index contributed by atoms with van der Waals surface area (Å²) < 4.78 is 0. The fourth-order valence-electron chi connectivity index (χ4n) is 4.35. The summed E-state index contributed by atoms with van der Waals surface area (Å²) in [6.07, 6.45) is 15.0. The Kier molecular flexibility index (Phi) is 13.8. The molecular formula is C35H33N6O2Ru+. The molecule has 44 heavy (non-hydrogen) atoms. The van der Waals surface area contributed by atoms with E-state index in [1.54, 1.807) is 37.2 Å². The minimum atomic E-state index is -0.984. The van der Waals surface area contributed by atoms with Gasteiger partial charge in [-0.3, -0.25) is 29.9 Å². The topological polar surface area (TPSA) is 117 Å². The molecule has 0 bridgehead atoms. The Balaban J connectivity index is 0.000000185. The molecule has 5 aromatic rings. The summed E-state index contributed by atoms with van der Waals surface area (Å²) in [4.78, 5) is 35.9. The van der Waals surface area contributed by atoms with E-state index in [2.05, 4.69) is 42.9 Å². The molecule has 0 aromatic carbocycles. The number of carbonyl (C=O) groups is 1. The minimum Gasteiger partial charge on any atom is -0.550 e. The minimum absolute atomic E-state index is 0. The van der Waals surface area contributed by atoms with Gasteiger partial charge >= 0.3 is 19.5 Å². The summed E-state index contributed by atoms with van der Waals surface area (Å²) >= 11 is 0. The van der Waals surface area contributed by atoms with Gasteiger partial charge in [0.2, 0.25) is 0 Å². The zero-order chi connectivity index (χ0) is 30.2. The standard InChI is InChI=1S/C15H18N2O2.2C10H8N2.Ru/c1-15(7-4-6-14(18)19)8-10-17-13(11-15)12-5-2-3-9-16-12;2*1-3-7-11-9(5-1)10-6-2-4-8-12-10;/h2-3,5,8-10H,4,6-7,11H2,1H3,(H,18,19);2*1-8H;/q;;;+2/p-1. The zero-order valence-electron chi connectivity index (χ0n) is 24.4. The van der Waals surface area contributed by atoms with E-state index in [4.69, 9.17) is 0 Å². The molecule has 1 aliphatic heterocycles. The van der Waals surface area contributed by atoms with Gasteiger partial charge in [-0.1, -0.05) is 43.3 Å². The van der Waals surface area contributed by atoms with Gasteiger partial charge in [-0.2, -0.15) is 0 Å². The first-order chi connectivity index (χ1) is 21.0. The Hall–Kier alpha value is -4.75. The van der Waals surface area contributed by atoms with Crippen molar-refractivity contribution in [3.63, 3.8) is 0 Å². The molecule has 1 unspecified atom stereocenters. The maximum atomic E-state index is 10.5. The van der Waals surface area contributed by atoms with Crippen LogP contribution in [0.25, 0.3) is 22.8 Å². The van der Waals surface area contributed by atoms with Crippen molar-refractivity contribution >= 4 is 11.7 Å². The van der Waals surface area contributed by atoms with Crippen molar-refractivity contribution < 1.29 is 29.4 Å². The van der Waals surface area contributed by atoms with Gasteiger partial charge < -0.3 is 9.90 Å². The van der Waals surface area contributed by atoms with E-state index >= 15 is 0 Å². The largest absolute Gasteiger partial charge is 2.00 e. The normalized spacial score (nSPS) is 14.8. The van der Waals surface area contributed by atoms with Gasteiger partial charge in [0.05, 0.1) is 34.2 Å². The Labute approximate surface area is 270 Å². The van der Waals surface area contributed by atoms with Crippen molar-refractivity contribution in [3.05, 3.63) is 140 Å². The quantitative estimate of drug-likeness (QED) is 0.195. The summed E-state index contributed by atoms with van der Waals surface area (Å²) in [6, 6.07) is 29.0. The summed E-state index contributed by atoms with van der Waals surface area (Å²) in [5, 5.41) is 10.5. The third-order valence-electron chi connectivity index (χ3n) is 6.55. The fourth-order valence-corrected chi connectivity index (χ4v) is 4.35. The molecule has 0 N–H and O–H groups in total. The van der Waals surface area contributed by atoms with Crippen LogP contribution in [0.3, 0.4) is 0 Å². The Morgan fingerprint density at radius 1 is 0.659 bits per heavy atom. The van der Waals surface area contributed by atoms with Gasteiger partial charge in [0.15, 0.2) is 0 Å². The number of pyridine rings is 5. The van der Waals surface area contributed by atoms with Gasteiger partial charge in [0.1, 0.15) is 0 Å². The molecule has 0 aliphatic carbocycles. The molecule has 0 fully saturated rings. The van der Waals surface area contributed by atoms with E-state index in [9.17, 15) is 9.90 Å². The number of rotatable bonds is 7. The average molecular weight is 671 g/mol. The number of hydrogen-bond acceptors (Lipinski definition) is 8. The summed E-state index contributed by atoms with van der Waals surface area (Å²) in [6.45, 7) is 2.12. The number of hydrogen-bond donors (Lipinski definition) is 0. The van der Waals surface area contributed by atoms with Crippen LogP contribution in [0, 0.1) is 5.41 Å². The van der Waals surface area contributed by atoms with Crippen LogP contribution in [-0.2, 0) is 24.3 Å². The van der Waals surface area contributed by atoms with Crippen LogP contribution in [0.15, 0.2) is 139 Å². The van der Waals surface area contributed by atoms with Gasteiger partial charge in [-0.05, 0) is 85.3 Å². The second-order valence-corrected chi connectivity index (χ2v) is 10.0. The van der Waals surface area contributed by atoms with Crippen LogP contribution in [0.1, 0.15) is 38.3 Å². The second-order valence-electron chi connectivity index (χ2n) is 10.0. The molecule has 6 heterocycles. The van der Waals surface area contributed by atoms with Crippen molar-refractivity contribution in [2.24, 2.45) is 10.4 Å². The van der Waals surface area contributed by atoms with Crippen LogP contribution in [0.2, 0.25) is 0 Å². The fraction of sp³-hybridized carbons (Fsp3) is 0.171. The predicted molar refractivity (Wildman–Crippen MR) is 166 cm³/mol. The molecule has 0 saturated heterocycles. The van der Waals surface area contributed by atoms with Gasteiger partial charge in [0.25, 0.3) is 0 Å². The maximum absolute atomic E-state index is 10.5. The van der Waals surface area contributed by atoms with Gasteiger partial charge in [-0.25, -0.2) is 0 Å². The van der Waals surface area contributed by atoms with Gasteiger partial charge in [-0.15, -0.1) is 0 Å². The Bertz CT molecular complexity index is 1440. The predicted octanol–water partition coefficient (Wildman–Crippen LogP) is 6.00. The Morgan fingerprint density at radius 3 is 1.39 bits per heavy atom. The monoisotopic (exact) mass is 671 g/mol. The second kappa shape index (κ2) is 18.0. The molecule has 1 atom stereocenters. The van der Waals surface area contributed by atoms with E-state index in [-0.39, 0.29) is 31.3 Å². The average Bonchev–Trinajstić information content (AvgIpc) is 3.07. The van der Waals surface area contributed by atoms with E-state index in [0.717, 1.165) is 47.0 Å². The van der Waals surface area contributed by atoms with Crippen LogP contribution < -0.4 is 5.11 Å². The first-order valence-electron chi connectivity index (χ1n) is 14.0. The number of carbonyl (C=O) groups excluding carboxylic acids is 1. The van der Waals surface area contributed by atoms with E-state index in [0.29, 0.717) is 6.42 Å². The molecule has 222 valence electrons. The van der Waals surface area contributed by atoms with Crippen molar-refractivity contribution in [2.45, 2.75) is 32.6 Å². The van der Waals surface area contributed by atoms with Gasteiger partial charge in [0, 0.05) is 49.6 Å². The molecule has 0 saturated carbocycles. The third-order valence-corrected chi connectivity index (χ3v) is 6.55. The summed E-state index contributed by atoms with van der Waals surface area (Å²) in [5.41, 5.74) is 5.45. The summed E-state index contributed by atoms with van der Waals surface area (Å²) in [5.74, 6) is -0.984. The molecular weight excluding hydrogens is 637 g/mol. The number of allylic oxidation sites excluding steroid dienone is 1. The third kappa shape index (κ3) is 11.2. The van der Waals surface area contributed by atoms with Crippen LogP contribution in [0.5, 0.6) is 0 Å². The smallest absolute Gasteiger partial charge is 0.550 e. The molecule has 1 aliphatic rings. The van der Waals surface area contributed by atoms with E-state index in [1.807, 2.05) is 91.0 Å². The Morgan fingerprint density at radius 2 is 1.05 bits per heavy atom. The maximum Gasteiger partial charge on any atom is 2.00 e. The molecule has 6 rings (SSSR count). The van der Waals surface area contributed by atoms with E-state index in [1.165, 1.54) is 0 Å². The van der Waals surface area contributed by atoms with Crippen molar-refractivity contribution in [3.8, 4) is 22.8 Å².